The molecule has 1 aromatic rings. The lowest BCUT2D eigenvalue weighted by Gasteiger charge is -2.37. The second kappa shape index (κ2) is 4.89. The molecule has 19 heavy (non-hydrogen) atoms. The third-order valence-corrected chi connectivity index (χ3v) is 4.76. The van der Waals surface area contributed by atoms with Crippen LogP contribution in [0.4, 0.5) is 0 Å². The molecule has 1 aromatic heterocycles. The highest BCUT2D eigenvalue weighted by atomic mass is 15.3. The zero-order valence-corrected chi connectivity index (χ0v) is 11.4. The van der Waals surface area contributed by atoms with Crippen LogP contribution < -0.4 is 5.32 Å². The van der Waals surface area contributed by atoms with Gasteiger partial charge in [0.1, 0.15) is 0 Å². The van der Waals surface area contributed by atoms with Crippen LogP contribution in [0.1, 0.15) is 24.2 Å². The van der Waals surface area contributed by atoms with Crippen molar-refractivity contribution in [3.8, 4) is 0 Å². The fourth-order valence-electron chi connectivity index (χ4n) is 3.42. The maximum Gasteiger partial charge on any atom is 0.0925 e. The van der Waals surface area contributed by atoms with Gasteiger partial charge in [-0.2, -0.15) is 0 Å². The number of aromatic nitrogens is 2. The fourth-order valence-corrected chi connectivity index (χ4v) is 3.42. The molecule has 1 saturated heterocycles. The summed E-state index contributed by atoms with van der Waals surface area (Å²) in [7, 11) is 0. The minimum absolute atomic E-state index is 0.572. The number of piperazine rings is 1. The van der Waals surface area contributed by atoms with Crippen LogP contribution in [-0.4, -0.2) is 64.6 Å². The van der Waals surface area contributed by atoms with E-state index in [2.05, 4.69) is 25.1 Å². The molecule has 5 nitrogen and oxygen atoms in total. The zero-order chi connectivity index (χ0) is 12.7. The van der Waals surface area contributed by atoms with Crippen LogP contribution >= 0.6 is 0 Å². The molecular weight excluding hydrogens is 238 g/mol. The van der Waals surface area contributed by atoms with Gasteiger partial charge in [0.25, 0.3) is 0 Å². The van der Waals surface area contributed by atoms with E-state index in [-0.39, 0.29) is 0 Å². The molecule has 0 amide bonds. The van der Waals surface area contributed by atoms with Gasteiger partial charge < -0.3 is 10.3 Å². The van der Waals surface area contributed by atoms with Gasteiger partial charge in [-0.15, -0.1) is 0 Å². The summed E-state index contributed by atoms with van der Waals surface area (Å²) >= 11 is 0. The monoisotopic (exact) mass is 261 g/mol. The first-order chi connectivity index (χ1) is 9.38. The Kier molecular flexibility index (Phi) is 3.06. The Morgan fingerprint density at radius 3 is 2.84 bits per heavy atom. The molecule has 2 fully saturated rings. The highest BCUT2D eigenvalue weighted by Gasteiger charge is 2.32. The molecule has 0 aromatic carbocycles. The molecule has 1 unspecified atom stereocenters. The first kappa shape index (κ1) is 11.9. The van der Waals surface area contributed by atoms with E-state index in [1.165, 1.54) is 57.0 Å². The predicted molar refractivity (Wildman–Crippen MR) is 74.0 cm³/mol. The topological polar surface area (TPSA) is 47.2 Å². The smallest absolute Gasteiger partial charge is 0.0925 e. The molecule has 4 rings (SSSR count). The van der Waals surface area contributed by atoms with Crippen molar-refractivity contribution in [2.75, 3.05) is 32.7 Å². The van der Waals surface area contributed by atoms with E-state index in [0.29, 0.717) is 6.04 Å². The van der Waals surface area contributed by atoms with E-state index in [1.54, 1.807) is 0 Å². The molecule has 5 heteroatoms. The number of hydrogen-bond donors (Lipinski definition) is 2. The van der Waals surface area contributed by atoms with Crippen LogP contribution in [0.5, 0.6) is 0 Å². The van der Waals surface area contributed by atoms with E-state index in [0.717, 1.165) is 19.0 Å². The van der Waals surface area contributed by atoms with Gasteiger partial charge in [0.05, 0.1) is 17.7 Å². The summed E-state index contributed by atoms with van der Waals surface area (Å²) in [5.41, 5.74) is 2.54. The lowest BCUT2D eigenvalue weighted by atomic mass is 10.0. The molecule has 1 saturated carbocycles. The van der Waals surface area contributed by atoms with Gasteiger partial charge in [-0.3, -0.25) is 9.80 Å². The molecule has 0 radical (unpaired) electrons. The number of aromatic amines is 1. The van der Waals surface area contributed by atoms with Crippen LogP contribution in [0.2, 0.25) is 0 Å². The fraction of sp³-hybridized carbons (Fsp3) is 0.786. The molecule has 3 aliphatic rings. The van der Waals surface area contributed by atoms with Crippen LogP contribution in [0.3, 0.4) is 0 Å². The lowest BCUT2D eigenvalue weighted by Crippen LogP contribution is -2.52. The maximum atomic E-state index is 4.42. The minimum atomic E-state index is 0.572. The van der Waals surface area contributed by atoms with Gasteiger partial charge in [0.15, 0.2) is 0 Å². The summed E-state index contributed by atoms with van der Waals surface area (Å²) in [4.78, 5) is 12.9. The quantitative estimate of drug-likeness (QED) is 0.816. The molecular formula is C14H23N5. The Hall–Kier alpha value is -0.910. The number of nitrogens with one attached hydrogen (secondary N) is 2. The molecule has 2 N–H and O–H groups in total. The average molecular weight is 261 g/mol. The Balaban J connectivity index is 1.28. The number of rotatable bonds is 3. The summed E-state index contributed by atoms with van der Waals surface area (Å²) in [5.74, 6) is 0. The first-order valence-electron chi connectivity index (χ1n) is 7.59. The Labute approximate surface area is 114 Å². The Morgan fingerprint density at radius 2 is 2.05 bits per heavy atom. The third kappa shape index (κ3) is 2.55. The Morgan fingerprint density at radius 1 is 1.21 bits per heavy atom. The molecule has 1 atom stereocenters. The summed E-state index contributed by atoms with van der Waals surface area (Å²) < 4.78 is 0. The second-order valence-electron chi connectivity index (χ2n) is 6.18. The van der Waals surface area contributed by atoms with Gasteiger partial charge >= 0.3 is 0 Å². The van der Waals surface area contributed by atoms with E-state index in [9.17, 15) is 0 Å². The minimum Gasteiger partial charge on any atom is -0.347 e. The molecule has 0 spiro atoms. The number of hydrogen-bond acceptors (Lipinski definition) is 4. The summed E-state index contributed by atoms with van der Waals surface area (Å²) in [5, 5.41) is 3.63. The standard InChI is InChI=1S/C14H23N5/c1-2-12(1)19-5-3-18(4-6-19)9-11-7-13-14(8-15-11)17-10-16-13/h10-12,15H,1-9H2,(H,16,17). The van der Waals surface area contributed by atoms with Crippen molar-refractivity contribution in [2.45, 2.75) is 37.9 Å². The van der Waals surface area contributed by atoms with Crippen molar-refractivity contribution in [3.05, 3.63) is 17.7 Å². The molecule has 1 aliphatic carbocycles. The number of nitrogens with zero attached hydrogens (tertiary/aromatic N) is 3. The van der Waals surface area contributed by atoms with Crippen molar-refractivity contribution in [2.24, 2.45) is 0 Å². The van der Waals surface area contributed by atoms with Crippen LogP contribution in [0, 0.1) is 0 Å². The van der Waals surface area contributed by atoms with E-state index >= 15 is 0 Å². The second-order valence-corrected chi connectivity index (χ2v) is 6.18. The van der Waals surface area contributed by atoms with Crippen LogP contribution in [0.15, 0.2) is 6.33 Å². The first-order valence-corrected chi connectivity index (χ1v) is 7.59. The van der Waals surface area contributed by atoms with E-state index in [1.807, 2.05) is 6.33 Å². The number of fused-ring (bicyclic) bond motifs is 1. The highest BCUT2D eigenvalue weighted by Crippen LogP contribution is 2.27. The number of imidazole rings is 1. The van der Waals surface area contributed by atoms with Gasteiger partial charge in [0, 0.05) is 57.8 Å². The van der Waals surface area contributed by atoms with E-state index < -0.39 is 0 Å². The van der Waals surface area contributed by atoms with Crippen LogP contribution in [-0.2, 0) is 13.0 Å². The molecule has 2 aliphatic heterocycles. The van der Waals surface area contributed by atoms with E-state index in [4.69, 9.17) is 0 Å². The van der Waals surface area contributed by atoms with Crippen LogP contribution in [0.25, 0.3) is 0 Å². The van der Waals surface area contributed by atoms with Crippen molar-refractivity contribution >= 4 is 0 Å². The van der Waals surface area contributed by atoms with Gasteiger partial charge in [-0.25, -0.2) is 4.98 Å². The highest BCUT2D eigenvalue weighted by molar-refractivity contribution is 5.16. The van der Waals surface area contributed by atoms with Crippen molar-refractivity contribution in [1.29, 1.82) is 0 Å². The Bertz CT molecular complexity index is 431. The molecule has 3 heterocycles. The molecule has 0 bridgehead atoms. The number of H-pyrrole nitrogens is 1. The largest absolute Gasteiger partial charge is 0.347 e. The zero-order valence-electron chi connectivity index (χ0n) is 11.4. The van der Waals surface area contributed by atoms with Crippen molar-refractivity contribution in [1.82, 2.24) is 25.1 Å². The normalized spacial score (nSPS) is 29.4. The average Bonchev–Trinajstić information content (AvgIpc) is 3.18. The van der Waals surface area contributed by atoms with Crippen molar-refractivity contribution < 1.29 is 0 Å². The van der Waals surface area contributed by atoms with Gasteiger partial charge in [0.2, 0.25) is 0 Å². The predicted octanol–water partition coefficient (Wildman–Crippen LogP) is 0.204. The van der Waals surface area contributed by atoms with Gasteiger partial charge in [-0.1, -0.05) is 0 Å². The lowest BCUT2D eigenvalue weighted by molar-refractivity contribution is 0.116. The maximum absolute atomic E-state index is 4.42. The summed E-state index contributed by atoms with van der Waals surface area (Å²) in [6.45, 7) is 7.13. The van der Waals surface area contributed by atoms with Crippen molar-refractivity contribution in [3.63, 3.8) is 0 Å². The van der Waals surface area contributed by atoms with Gasteiger partial charge in [-0.05, 0) is 12.8 Å². The third-order valence-electron chi connectivity index (χ3n) is 4.76. The SMILES string of the molecule is c1nc2c([nH]1)CNC(CN1CCN(C3CC3)CC1)C2. The summed E-state index contributed by atoms with van der Waals surface area (Å²) in [6, 6.07) is 1.50. The summed E-state index contributed by atoms with van der Waals surface area (Å²) in [6.07, 6.45) is 5.77. The molecule has 104 valence electrons.